The van der Waals surface area contributed by atoms with Crippen molar-refractivity contribution in [1.29, 1.82) is 0 Å². The number of methoxy groups -OCH3 is 2. The molecule has 0 bridgehead atoms. The predicted molar refractivity (Wildman–Crippen MR) is 163 cm³/mol. The molecule has 0 aromatic heterocycles. The SMILES string of the molecule is COC1=C/C(=N/Nc2cc([N+](=O)[O-])cc([N+](=O)[O-])c2O)C(=O)C=C1.COC1=C/C(=N/Nc2cc([N+](=O)[O-])cc([N+](=O)[O-])c2O)C(=O)C=C1.[Cr].[Na+]. The molecule has 50 heavy (non-hydrogen) atoms. The molecule has 4 rings (SSSR count). The van der Waals surface area contributed by atoms with Gasteiger partial charge < -0.3 is 19.7 Å². The molecule has 24 heteroatoms. The summed E-state index contributed by atoms with van der Waals surface area (Å²) in [6, 6.07) is 2.95. The number of hydrazone groups is 2. The van der Waals surface area contributed by atoms with Crippen LogP contribution in [0.3, 0.4) is 0 Å². The Morgan fingerprint density at radius 3 is 1.24 bits per heavy atom. The third kappa shape index (κ3) is 10.5. The van der Waals surface area contributed by atoms with Gasteiger partial charge >= 0.3 is 40.9 Å². The number of anilines is 2. The largest absolute Gasteiger partial charge is 1.00 e. The van der Waals surface area contributed by atoms with E-state index in [9.17, 15) is 60.3 Å². The molecular weight excluding hydrogens is 723 g/mol. The van der Waals surface area contributed by atoms with E-state index in [1.54, 1.807) is 0 Å². The van der Waals surface area contributed by atoms with Crippen LogP contribution in [0, 0.1) is 40.5 Å². The van der Waals surface area contributed by atoms with Crippen molar-refractivity contribution in [3.8, 4) is 11.5 Å². The molecule has 0 atom stereocenters. The third-order valence-corrected chi connectivity index (χ3v) is 5.89. The van der Waals surface area contributed by atoms with Gasteiger partial charge in [-0.2, -0.15) is 10.2 Å². The number of non-ortho nitro benzene ring substituents is 2. The van der Waals surface area contributed by atoms with Crippen LogP contribution in [0.1, 0.15) is 0 Å². The van der Waals surface area contributed by atoms with Gasteiger partial charge in [-0.25, -0.2) is 0 Å². The van der Waals surface area contributed by atoms with E-state index in [1.165, 1.54) is 50.7 Å². The van der Waals surface area contributed by atoms with E-state index in [-0.39, 0.29) is 58.3 Å². The second kappa shape index (κ2) is 18.5. The quantitative estimate of drug-likeness (QED) is 0.0835. The molecule has 0 saturated heterocycles. The smallest absolute Gasteiger partial charge is 0.501 e. The number of ketones is 2. The molecule has 0 saturated carbocycles. The van der Waals surface area contributed by atoms with Crippen LogP contribution in [-0.2, 0) is 36.4 Å². The number of carbonyl (C=O) groups excluding carboxylic acids is 2. The van der Waals surface area contributed by atoms with Crippen LogP contribution >= 0.6 is 0 Å². The second-order valence-corrected chi connectivity index (χ2v) is 8.87. The van der Waals surface area contributed by atoms with E-state index < -0.39 is 76.9 Å². The number of nitrogens with one attached hydrogen (secondary N) is 2. The van der Waals surface area contributed by atoms with Crippen LogP contribution in [0.5, 0.6) is 11.5 Å². The summed E-state index contributed by atoms with van der Waals surface area (Å²) in [5.74, 6) is -1.98. The number of carbonyl (C=O) groups is 2. The zero-order chi connectivity index (χ0) is 35.7. The first-order valence-corrected chi connectivity index (χ1v) is 12.6. The number of phenolic OH excluding ortho intramolecular Hbond substituents is 2. The van der Waals surface area contributed by atoms with Gasteiger partial charge in [-0.1, -0.05) is 0 Å². The number of rotatable bonds is 10. The maximum Gasteiger partial charge on any atom is 1.00 e. The molecule has 0 fully saturated rings. The molecule has 2 aliphatic rings. The molecule has 22 nitrogen and oxygen atoms in total. The number of nitro groups is 4. The van der Waals surface area contributed by atoms with E-state index in [0.29, 0.717) is 23.7 Å². The van der Waals surface area contributed by atoms with Gasteiger partial charge in [0.15, 0.2) is 0 Å². The normalized spacial score (nSPS) is 14.5. The first-order valence-electron chi connectivity index (χ1n) is 12.6. The second-order valence-electron chi connectivity index (χ2n) is 8.87. The maximum atomic E-state index is 11.7. The van der Waals surface area contributed by atoms with Gasteiger partial charge in [-0.05, 0) is 24.3 Å². The van der Waals surface area contributed by atoms with Crippen LogP contribution < -0.4 is 40.4 Å². The molecule has 0 spiro atoms. The van der Waals surface area contributed by atoms with Crippen molar-refractivity contribution >= 4 is 57.1 Å². The van der Waals surface area contributed by atoms with E-state index >= 15 is 0 Å². The Bertz CT molecular complexity index is 1800. The van der Waals surface area contributed by atoms with Gasteiger partial charge in [0.2, 0.25) is 23.1 Å². The standard InChI is InChI=1S/2C13H10N4O7.Cr.Na/c2*1-24-8-2-3-12(18)9(6-8)14-15-10-4-7(16(20)21)5-11(13(10)19)17(22)23;;/h2*2-6,15,19H,1H3;;/q;;;+1/b2*14-9-;;. The number of phenols is 2. The minimum absolute atomic E-state index is 0. The number of benzene rings is 2. The third-order valence-electron chi connectivity index (χ3n) is 5.89. The topological polar surface area (TPSA) is 314 Å². The van der Waals surface area contributed by atoms with Gasteiger partial charge in [0, 0.05) is 41.6 Å². The number of hydrogen-bond acceptors (Lipinski definition) is 18. The number of hydrogen-bond donors (Lipinski definition) is 4. The van der Waals surface area contributed by atoms with Crippen LogP contribution in [0.15, 0.2) is 82.4 Å². The van der Waals surface area contributed by atoms with Crippen molar-refractivity contribution in [3.63, 3.8) is 0 Å². The molecule has 2 aliphatic carbocycles. The summed E-state index contributed by atoms with van der Waals surface area (Å²) in [5.41, 5.74) is 0.475. The molecule has 0 radical (unpaired) electrons. The van der Waals surface area contributed by atoms with Crippen LogP contribution in [0.2, 0.25) is 0 Å². The molecule has 0 amide bonds. The van der Waals surface area contributed by atoms with Gasteiger partial charge in [0.1, 0.15) is 34.3 Å². The Morgan fingerprint density at radius 2 is 0.960 bits per heavy atom. The summed E-state index contributed by atoms with van der Waals surface area (Å²) in [5, 5.41) is 70.4. The van der Waals surface area contributed by atoms with Gasteiger partial charge in [0.05, 0.1) is 46.0 Å². The zero-order valence-electron chi connectivity index (χ0n) is 25.7. The van der Waals surface area contributed by atoms with Crippen molar-refractivity contribution < 1.29 is 95.9 Å². The van der Waals surface area contributed by atoms with Crippen molar-refractivity contribution in [2.45, 2.75) is 0 Å². The van der Waals surface area contributed by atoms with Gasteiger partial charge in [-0.3, -0.25) is 60.9 Å². The molecule has 0 aliphatic heterocycles. The number of nitro benzene ring substituents is 4. The van der Waals surface area contributed by atoms with Gasteiger partial charge in [-0.15, -0.1) is 0 Å². The molecule has 2 aromatic rings. The Morgan fingerprint density at radius 1 is 0.620 bits per heavy atom. The average molecular weight is 743 g/mol. The molecule has 4 N–H and O–H groups in total. The molecule has 254 valence electrons. The fourth-order valence-electron chi connectivity index (χ4n) is 3.53. The number of nitrogens with zero attached hydrogens (tertiary/aromatic N) is 6. The van der Waals surface area contributed by atoms with Gasteiger partial charge in [0.25, 0.3) is 11.4 Å². The first kappa shape index (κ1) is 42.0. The molecule has 2 aromatic carbocycles. The Hall–Kier alpha value is -5.99. The number of allylic oxidation sites excluding steroid dienone is 6. The molecule has 0 unspecified atom stereocenters. The monoisotopic (exact) mass is 743 g/mol. The summed E-state index contributed by atoms with van der Waals surface area (Å²) >= 11 is 0. The van der Waals surface area contributed by atoms with Crippen molar-refractivity contribution in [3.05, 3.63) is 113 Å². The van der Waals surface area contributed by atoms with Crippen molar-refractivity contribution in [1.82, 2.24) is 0 Å². The maximum absolute atomic E-state index is 11.7. The fraction of sp³-hybridized carbons (Fsp3) is 0.0769. The van der Waals surface area contributed by atoms with Crippen molar-refractivity contribution in [2.24, 2.45) is 10.2 Å². The van der Waals surface area contributed by atoms with Crippen LogP contribution in [0.25, 0.3) is 0 Å². The van der Waals surface area contributed by atoms with Crippen molar-refractivity contribution in [2.75, 3.05) is 25.1 Å². The van der Waals surface area contributed by atoms with Crippen LogP contribution in [0.4, 0.5) is 34.1 Å². The summed E-state index contributed by atoms with van der Waals surface area (Å²) in [6.45, 7) is 0. The van der Waals surface area contributed by atoms with E-state index in [4.69, 9.17) is 9.47 Å². The average Bonchev–Trinajstić information content (AvgIpc) is 3.04. The Labute approximate surface area is 311 Å². The summed E-state index contributed by atoms with van der Waals surface area (Å²) in [4.78, 5) is 63.1. The number of aromatic hydroxyl groups is 2. The Kier molecular flexibility index (Phi) is 15.6. The fourth-order valence-corrected chi connectivity index (χ4v) is 3.53. The zero-order valence-corrected chi connectivity index (χ0v) is 28.9. The minimum atomic E-state index is -0.974. The van der Waals surface area contributed by atoms with E-state index in [1.807, 2.05) is 0 Å². The predicted octanol–water partition coefficient (Wildman–Crippen LogP) is 0.293. The van der Waals surface area contributed by atoms with E-state index in [2.05, 4.69) is 21.1 Å². The minimum Gasteiger partial charge on any atom is -0.501 e. The number of ether oxygens (including phenoxy) is 2. The summed E-state index contributed by atoms with van der Waals surface area (Å²) in [6.07, 6.45) is 7.79. The Balaban J connectivity index is 0.000000481. The van der Waals surface area contributed by atoms with Crippen LogP contribution in [-0.4, -0.2) is 67.1 Å². The summed E-state index contributed by atoms with van der Waals surface area (Å²) < 4.78 is 9.86. The molecular formula is C26H20CrN8NaO14+. The first-order chi connectivity index (χ1) is 22.7. The van der Waals surface area contributed by atoms with E-state index in [0.717, 1.165) is 12.1 Å². The molecule has 0 heterocycles. The summed E-state index contributed by atoms with van der Waals surface area (Å²) in [7, 11) is 2.76.